The zero-order chi connectivity index (χ0) is 14.5. The van der Waals surface area contributed by atoms with Crippen molar-refractivity contribution in [3.05, 3.63) is 23.2 Å². The number of rotatable bonds is 4. The maximum Gasteiger partial charge on any atom is 0.241 e. The van der Waals surface area contributed by atoms with E-state index in [0.29, 0.717) is 29.0 Å². The predicted molar refractivity (Wildman–Crippen MR) is 81.4 cm³/mol. The van der Waals surface area contributed by atoms with Crippen molar-refractivity contribution in [3.8, 4) is 5.75 Å². The molecule has 0 aliphatic carbocycles. The van der Waals surface area contributed by atoms with Gasteiger partial charge in [0.2, 0.25) is 5.91 Å². The van der Waals surface area contributed by atoms with E-state index >= 15 is 0 Å². The van der Waals surface area contributed by atoms with Gasteiger partial charge in [-0.1, -0.05) is 18.5 Å². The second-order valence-electron chi connectivity index (χ2n) is 5.12. The van der Waals surface area contributed by atoms with Gasteiger partial charge in [-0.2, -0.15) is 0 Å². The molecule has 0 spiro atoms. The maximum atomic E-state index is 12.3. The van der Waals surface area contributed by atoms with Crippen molar-refractivity contribution < 1.29 is 9.53 Å². The molecule has 0 saturated carbocycles. The van der Waals surface area contributed by atoms with Gasteiger partial charge in [-0.3, -0.25) is 4.79 Å². The molecule has 1 aliphatic rings. The van der Waals surface area contributed by atoms with E-state index in [1.54, 1.807) is 12.1 Å². The molecule has 1 aromatic carbocycles. The highest BCUT2D eigenvalue weighted by Gasteiger charge is 2.27. The van der Waals surface area contributed by atoms with Gasteiger partial charge in [0.25, 0.3) is 0 Å². The SMILES string of the molecule is CCOc1ccc(NC(=O)C2NCCCC2C)cc1Cl. The number of benzene rings is 1. The molecule has 1 heterocycles. The van der Waals surface area contributed by atoms with Crippen molar-refractivity contribution in [3.63, 3.8) is 0 Å². The minimum Gasteiger partial charge on any atom is -0.492 e. The largest absolute Gasteiger partial charge is 0.492 e. The summed E-state index contributed by atoms with van der Waals surface area (Å²) in [6.45, 7) is 5.46. The van der Waals surface area contributed by atoms with Gasteiger partial charge < -0.3 is 15.4 Å². The van der Waals surface area contributed by atoms with Crippen LogP contribution in [0.3, 0.4) is 0 Å². The highest BCUT2D eigenvalue weighted by molar-refractivity contribution is 6.32. The Kier molecular flexibility index (Phi) is 5.26. The fourth-order valence-corrected chi connectivity index (χ4v) is 2.71. The van der Waals surface area contributed by atoms with Crippen LogP contribution in [0.25, 0.3) is 0 Å². The van der Waals surface area contributed by atoms with Gasteiger partial charge >= 0.3 is 0 Å². The number of piperidine rings is 1. The molecule has 1 fully saturated rings. The van der Waals surface area contributed by atoms with Crippen molar-refractivity contribution in [1.82, 2.24) is 5.32 Å². The first-order chi connectivity index (χ1) is 9.61. The summed E-state index contributed by atoms with van der Waals surface area (Å²) in [5, 5.41) is 6.68. The number of hydrogen-bond donors (Lipinski definition) is 2. The third-order valence-electron chi connectivity index (χ3n) is 3.55. The molecule has 0 aromatic heterocycles. The second kappa shape index (κ2) is 6.95. The number of carbonyl (C=O) groups is 1. The lowest BCUT2D eigenvalue weighted by Gasteiger charge is -2.29. The van der Waals surface area contributed by atoms with E-state index in [1.807, 2.05) is 13.0 Å². The van der Waals surface area contributed by atoms with Crippen LogP contribution < -0.4 is 15.4 Å². The number of halogens is 1. The lowest BCUT2D eigenvalue weighted by Crippen LogP contribution is -2.48. The molecule has 2 atom stereocenters. The summed E-state index contributed by atoms with van der Waals surface area (Å²) in [6.07, 6.45) is 2.20. The third kappa shape index (κ3) is 3.64. The second-order valence-corrected chi connectivity index (χ2v) is 5.53. The van der Waals surface area contributed by atoms with Crippen LogP contribution in [0.15, 0.2) is 18.2 Å². The molecule has 1 amide bonds. The number of anilines is 1. The molecule has 20 heavy (non-hydrogen) atoms. The van der Waals surface area contributed by atoms with E-state index in [4.69, 9.17) is 16.3 Å². The average Bonchev–Trinajstić information content (AvgIpc) is 2.42. The van der Waals surface area contributed by atoms with E-state index in [-0.39, 0.29) is 11.9 Å². The number of ether oxygens (including phenoxy) is 1. The normalized spacial score (nSPS) is 22.4. The zero-order valence-electron chi connectivity index (χ0n) is 11.9. The van der Waals surface area contributed by atoms with Gasteiger partial charge in [0.15, 0.2) is 0 Å². The van der Waals surface area contributed by atoms with E-state index in [2.05, 4.69) is 17.6 Å². The van der Waals surface area contributed by atoms with E-state index in [0.717, 1.165) is 19.4 Å². The van der Waals surface area contributed by atoms with Crippen molar-refractivity contribution in [2.45, 2.75) is 32.7 Å². The Morgan fingerprint density at radius 2 is 2.35 bits per heavy atom. The fraction of sp³-hybridized carbons (Fsp3) is 0.533. The zero-order valence-corrected chi connectivity index (χ0v) is 12.7. The molecule has 0 radical (unpaired) electrons. The maximum absolute atomic E-state index is 12.3. The molecule has 2 rings (SSSR count). The summed E-state index contributed by atoms with van der Waals surface area (Å²) in [6, 6.07) is 5.17. The Bertz CT molecular complexity index is 479. The molecule has 1 saturated heterocycles. The van der Waals surface area contributed by atoms with Gasteiger partial charge in [0.05, 0.1) is 17.7 Å². The fourth-order valence-electron chi connectivity index (χ4n) is 2.47. The first-order valence-corrected chi connectivity index (χ1v) is 7.46. The Balaban J connectivity index is 2.02. The van der Waals surface area contributed by atoms with Gasteiger partial charge in [-0.25, -0.2) is 0 Å². The number of carbonyl (C=O) groups excluding carboxylic acids is 1. The lowest BCUT2D eigenvalue weighted by atomic mass is 9.92. The lowest BCUT2D eigenvalue weighted by molar-refractivity contribution is -0.119. The quantitative estimate of drug-likeness (QED) is 0.898. The van der Waals surface area contributed by atoms with Gasteiger partial charge in [0.1, 0.15) is 5.75 Å². The smallest absolute Gasteiger partial charge is 0.241 e. The highest BCUT2D eigenvalue weighted by atomic mass is 35.5. The van der Waals surface area contributed by atoms with Crippen LogP contribution in [-0.2, 0) is 4.79 Å². The Morgan fingerprint density at radius 1 is 1.55 bits per heavy atom. The molecule has 4 nitrogen and oxygen atoms in total. The Labute approximate surface area is 124 Å². The average molecular weight is 297 g/mol. The summed E-state index contributed by atoms with van der Waals surface area (Å²) in [7, 11) is 0. The van der Waals surface area contributed by atoms with Crippen molar-refractivity contribution in [2.24, 2.45) is 5.92 Å². The third-order valence-corrected chi connectivity index (χ3v) is 3.85. The van der Waals surface area contributed by atoms with Crippen LogP contribution in [0, 0.1) is 5.92 Å². The predicted octanol–water partition coefficient (Wildman–Crippen LogP) is 3.07. The van der Waals surface area contributed by atoms with Crippen LogP contribution in [0.1, 0.15) is 26.7 Å². The molecule has 2 N–H and O–H groups in total. The van der Waals surface area contributed by atoms with Crippen molar-refractivity contribution in [1.29, 1.82) is 0 Å². The molecule has 5 heteroatoms. The standard InChI is InChI=1S/C15H21ClN2O2/c1-3-20-13-7-6-11(9-12(13)16)18-15(19)14-10(2)5-4-8-17-14/h6-7,9-10,14,17H,3-5,8H2,1-2H3,(H,18,19). The number of nitrogens with one attached hydrogen (secondary N) is 2. The van der Waals surface area contributed by atoms with Crippen LogP contribution in [0.5, 0.6) is 5.75 Å². The molecule has 0 bridgehead atoms. The minimum atomic E-state index is -0.130. The number of hydrogen-bond acceptors (Lipinski definition) is 3. The first kappa shape index (κ1) is 15.1. The molecule has 1 aliphatic heterocycles. The molecular formula is C15H21ClN2O2. The molecule has 110 valence electrons. The van der Waals surface area contributed by atoms with Crippen LogP contribution in [-0.4, -0.2) is 25.1 Å². The molecule has 1 aromatic rings. The van der Waals surface area contributed by atoms with Gasteiger partial charge in [-0.15, -0.1) is 0 Å². The highest BCUT2D eigenvalue weighted by Crippen LogP contribution is 2.28. The Hall–Kier alpha value is -1.26. The molecule has 2 unspecified atom stereocenters. The van der Waals surface area contributed by atoms with E-state index < -0.39 is 0 Å². The summed E-state index contributed by atoms with van der Waals surface area (Å²) in [5.74, 6) is 0.982. The summed E-state index contributed by atoms with van der Waals surface area (Å²) >= 11 is 6.11. The topological polar surface area (TPSA) is 50.4 Å². The van der Waals surface area contributed by atoms with Crippen molar-refractivity contribution in [2.75, 3.05) is 18.5 Å². The van der Waals surface area contributed by atoms with Crippen LogP contribution >= 0.6 is 11.6 Å². The summed E-state index contributed by atoms with van der Waals surface area (Å²) < 4.78 is 5.37. The minimum absolute atomic E-state index is 0.00238. The summed E-state index contributed by atoms with van der Waals surface area (Å²) in [5.41, 5.74) is 0.697. The van der Waals surface area contributed by atoms with E-state index in [1.165, 1.54) is 0 Å². The number of amides is 1. The van der Waals surface area contributed by atoms with Crippen LogP contribution in [0.2, 0.25) is 5.02 Å². The molecular weight excluding hydrogens is 276 g/mol. The van der Waals surface area contributed by atoms with Crippen LogP contribution in [0.4, 0.5) is 5.69 Å². The van der Waals surface area contributed by atoms with Gasteiger partial charge in [0, 0.05) is 5.69 Å². The van der Waals surface area contributed by atoms with Gasteiger partial charge in [-0.05, 0) is 50.4 Å². The summed E-state index contributed by atoms with van der Waals surface area (Å²) in [4.78, 5) is 12.3. The Morgan fingerprint density at radius 3 is 3.00 bits per heavy atom. The monoisotopic (exact) mass is 296 g/mol. The van der Waals surface area contributed by atoms with Crippen molar-refractivity contribution >= 4 is 23.2 Å². The first-order valence-electron chi connectivity index (χ1n) is 7.08. The van der Waals surface area contributed by atoms with E-state index in [9.17, 15) is 4.79 Å².